The summed E-state index contributed by atoms with van der Waals surface area (Å²) in [5, 5.41) is 7.29. The van der Waals surface area contributed by atoms with Gasteiger partial charge in [-0.25, -0.2) is 0 Å². The quantitative estimate of drug-likeness (QED) is 0.673. The number of carbonyl (C=O) groups is 2. The topological polar surface area (TPSA) is 67.2 Å². The van der Waals surface area contributed by atoms with Gasteiger partial charge in [-0.1, -0.05) is 36.4 Å². The van der Waals surface area contributed by atoms with E-state index in [1.165, 1.54) is 5.56 Å². The van der Waals surface area contributed by atoms with Crippen molar-refractivity contribution in [1.29, 1.82) is 0 Å². The second kappa shape index (κ2) is 8.31. The minimum Gasteiger partial charge on any atom is -0.337 e. The fraction of sp³-hybridized carbons (Fsp3) is 0.261. The van der Waals surface area contributed by atoms with Crippen molar-refractivity contribution in [3.63, 3.8) is 0 Å². The smallest absolute Gasteiger partial charge is 0.253 e. The van der Waals surface area contributed by atoms with E-state index in [2.05, 4.69) is 22.5 Å². The summed E-state index contributed by atoms with van der Waals surface area (Å²) in [5.41, 5.74) is 3.36. The van der Waals surface area contributed by atoms with Crippen molar-refractivity contribution >= 4 is 17.5 Å². The zero-order chi connectivity index (χ0) is 20.2. The van der Waals surface area contributed by atoms with Crippen LogP contribution >= 0.6 is 0 Å². The lowest BCUT2D eigenvalue weighted by molar-refractivity contribution is -0.117. The number of hydrogen-bond donors (Lipinski definition) is 1. The molecule has 2 aromatic carbocycles. The second-order valence-electron chi connectivity index (χ2n) is 7.54. The predicted molar refractivity (Wildman–Crippen MR) is 111 cm³/mol. The molecule has 4 rings (SSSR count). The van der Waals surface area contributed by atoms with Gasteiger partial charge in [0.25, 0.3) is 5.91 Å². The van der Waals surface area contributed by atoms with Crippen LogP contribution in [0.15, 0.2) is 67.0 Å². The highest BCUT2D eigenvalue weighted by atomic mass is 16.2. The summed E-state index contributed by atoms with van der Waals surface area (Å²) in [6.07, 6.45) is 5.65. The molecule has 1 heterocycles. The molecule has 0 unspecified atom stereocenters. The molecule has 0 saturated heterocycles. The molecule has 0 bridgehead atoms. The zero-order valence-electron chi connectivity index (χ0n) is 16.4. The van der Waals surface area contributed by atoms with E-state index in [0.717, 1.165) is 18.4 Å². The second-order valence-corrected chi connectivity index (χ2v) is 7.54. The van der Waals surface area contributed by atoms with Crippen molar-refractivity contribution in [3.05, 3.63) is 83.7 Å². The maximum absolute atomic E-state index is 12.8. The summed E-state index contributed by atoms with van der Waals surface area (Å²) in [7, 11) is 1.77. The average Bonchev–Trinajstić information content (AvgIpc) is 3.50. The molecule has 148 valence electrons. The van der Waals surface area contributed by atoms with Crippen LogP contribution in [0.25, 0.3) is 0 Å². The standard InChI is InChI=1S/C23H24N4O2/c1-26(14-18-13-24-27(16-18)15-17-6-3-2-4-7-17)23(29)20-8-5-9-21(12-20)25-22(28)19-10-11-19/h2-9,12-13,16,19H,10-11,14-15H2,1H3,(H,25,28). The van der Waals surface area contributed by atoms with E-state index in [1.54, 1.807) is 36.3 Å². The molecular weight excluding hydrogens is 364 g/mol. The largest absolute Gasteiger partial charge is 0.337 e. The van der Waals surface area contributed by atoms with Gasteiger partial charge >= 0.3 is 0 Å². The van der Waals surface area contributed by atoms with Crippen molar-refractivity contribution in [2.45, 2.75) is 25.9 Å². The Morgan fingerprint density at radius 1 is 1.10 bits per heavy atom. The van der Waals surface area contributed by atoms with Crippen LogP contribution in [0.2, 0.25) is 0 Å². The normalized spacial score (nSPS) is 13.1. The summed E-state index contributed by atoms with van der Waals surface area (Å²) < 4.78 is 1.87. The van der Waals surface area contributed by atoms with Crippen LogP contribution in [-0.4, -0.2) is 33.5 Å². The van der Waals surface area contributed by atoms with E-state index in [9.17, 15) is 9.59 Å². The molecule has 1 aliphatic carbocycles. The first-order valence-corrected chi connectivity index (χ1v) is 9.80. The van der Waals surface area contributed by atoms with Gasteiger partial charge in [0.1, 0.15) is 0 Å². The van der Waals surface area contributed by atoms with Gasteiger partial charge in [0.05, 0.1) is 12.7 Å². The Labute approximate surface area is 170 Å². The van der Waals surface area contributed by atoms with Gasteiger partial charge in [0.15, 0.2) is 0 Å². The average molecular weight is 388 g/mol. The highest BCUT2D eigenvalue weighted by molar-refractivity contribution is 5.98. The van der Waals surface area contributed by atoms with E-state index < -0.39 is 0 Å². The van der Waals surface area contributed by atoms with Crippen LogP contribution in [0.4, 0.5) is 5.69 Å². The Hall–Kier alpha value is -3.41. The van der Waals surface area contributed by atoms with Crippen molar-refractivity contribution in [2.24, 2.45) is 5.92 Å². The molecule has 3 aromatic rings. The van der Waals surface area contributed by atoms with Gasteiger partial charge in [-0.2, -0.15) is 5.10 Å². The first kappa shape index (κ1) is 18.9. The summed E-state index contributed by atoms with van der Waals surface area (Å²) in [6.45, 7) is 1.16. The number of nitrogens with one attached hydrogen (secondary N) is 1. The number of aromatic nitrogens is 2. The Bertz CT molecular complexity index is 1010. The van der Waals surface area contributed by atoms with Crippen molar-refractivity contribution in [2.75, 3.05) is 12.4 Å². The molecule has 1 aliphatic rings. The van der Waals surface area contributed by atoms with E-state index in [1.807, 2.05) is 35.1 Å². The van der Waals surface area contributed by atoms with E-state index in [-0.39, 0.29) is 17.7 Å². The molecule has 6 nitrogen and oxygen atoms in total. The lowest BCUT2D eigenvalue weighted by Crippen LogP contribution is -2.26. The number of nitrogens with zero attached hydrogens (tertiary/aromatic N) is 3. The van der Waals surface area contributed by atoms with Crippen molar-refractivity contribution in [1.82, 2.24) is 14.7 Å². The van der Waals surface area contributed by atoms with Gasteiger partial charge < -0.3 is 10.2 Å². The third-order valence-electron chi connectivity index (χ3n) is 4.97. The Morgan fingerprint density at radius 2 is 1.90 bits per heavy atom. The van der Waals surface area contributed by atoms with Crippen LogP contribution in [0.1, 0.15) is 34.3 Å². The summed E-state index contributed by atoms with van der Waals surface area (Å²) in [4.78, 5) is 26.4. The SMILES string of the molecule is CN(Cc1cnn(Cc2ccccc2)c1)C(=O)c1cccc(NC(=O)C2CC2)c1. The minimum absolute atomic E-state index is 0.0359. The number of benzene rings is 2. The first-order chi connectivity index (χ1) is 14.1. The number of rotatable bonds is 7. The number of amides is 2. The summed E-state index contributed by atoms with van der Waals surface area (Å²) >= 11 is 0. The highest BCUT2D eigenvalue weighted by Gasteiger charge is 2.29. The third-order valence-corrected chi connectivity index (χ3v) is 4.97. The lowest BCUT2D eigenvalue weighted by atomic mass is 10.1. The molecule has 1 saturated carbocycles. The first-order valence-electron chi connectivity index (χ1n) is 9.80. The Morgan fingerprint density at radius 3 is 2.66 bits per heavy atom. The molecule has 6 heteroatoms. The Balaban J connectivity index is 1.37. The van der Waals surface area contributed by atoms with Gasteiger partial charge in [-0.3, -0.25) is 14.3 Å². The fourth-order valence-electron chi connectivity index (χ4n) is 3.23. The van der Waals surface area contributed by atoms with Gasteiger partial charge in [0.2, 0.25) is 5.91 Å². The molecule has 0 atom stereocenters. The molecule has 0 radical (unpaired) electrons. The van der Waals surface area contributed by atoms with Crippen LogP contribution in [-0.2, 0) is 17.9 Å². The molecule has 2 amide bonds. The van der Waals surface area contributed by atoms with Crippen LogP contribution < -0.4 is 5.32 Å². The highest BCUT2D eigenvalue weighted by Crippen LogP contribution is 2.30. The lowest BCUT2D eigenvalue weighted by Gasteiger charge is -2.17. The monoisotopic (exact) mass is 388 g/mol. The Kier molecular flexibility index (Phi) is 5.42. The van der Waals surface area contributed by atoms with Gasteiger partial charge in [-0.05, 0) is 36.6 Å². The van der Waals surface area contributed by atoms with E-state index in [4.69, 9.17) is 0 Å². The fourth-order valence-corrected chi connectivity index (χ4v) is 3.23. The van der Waals surface area contributed by atoms with Crippen LogP contribution in [0.5, 0.6) is 0 Å². The minimum atomic E-state index is -0.0941. The maximum atomic E-state index is 12.8. The molecular formula is C23H24N4O2. The maximum Gasteiger partial charge on any atom is 0.253 e. The zero-order valence-corrected chi connectivity index (χ0v) is 16.4. The number of hydrogen-bond acceptors (Lipinski definition) is 3. The molecule has 1 fully saturated rings. The molecule has 29 heavy (non-hydrogen) atoms. The summed E-state index contributed by atoms with van der Waals surface area (Å²) in [6, 6.07) is 17.2. The number of anilines is 1. The molecule has 0 aliphatic heterocycles. The predicted octanol–water partition coefficient (Wildman–Crippen LogP) is 3.55. The molecule has 0 spiro atoms. The molecule has 1 aromatic heterocycles. The van der Waals surface area contributed by atoms with Crippen LogP contribution in [0.3, 0.4) is 0 Å². The molecule has 1 N–H and O–H groups in total. The van der Waals surface area contributed by atoms with Crippen molar-refractivity contribution < 1.29 is 9.59 Å². The summed E-state index contributed by atoms with van der Waals surface area (Å²) in [5.74, 6) is 0.0709. The van der Waals surface area contributed by atoms with E-state index >= 15 is 0 Å². The van der Waals surface area contributed by atoms with Crippen molar-refractivity contribution in [3.8, 4) is 0 Å². The van der Waals surface area contributed by atoms with E-state index in [0.29, 0.717) is 24.3 Å². The van der Waals surface area contributed by atoms with Gasteiger partial charge in [0, 0.05) is 42.5 Å². The number of carbonyl (C=O) groups excluding carboxylic acids is 2. The third kappa shape index (κ3) is 4.90. The van der Waals surface area contributed by atoms with Crippen LogP contribution in [0, 0.1) is 5.92 Å². The van der Waals surface area contributed by atoms with Gasteiger partial charge in [-0.15, -0.1) is 0 Å².